The van der Waals surface area contributed by atoms with E-state index < -0.39 is 6.23 Å². The molecule has 29 heavy (non-hydrogen) atoms. The molecule has 7 nitrogen and oxygen atoms in total. The Morgan fingerprint density at radius 2 is 1.86 bits per heavy atom. The quantitative estimate of drug-likeness (QED) is 0.739. The van der Waals surface area contributed by atoms with Crippen LogP contribution in [0.4, 0.5) is 17.2 Å². The van der Waals surface area contributed by atoms with E-state index in [2.05, 4.69) is 10.2 Å². The predicted octanol–water partition coefficient (Wildman–Crippen LogP) is 2.48. The molecule has 154 valence electrons. The molecule has 0 saturated carbocycles. The summed E-state index contributed by atoms with van der Waals surface area (Å²) >= 11 is 0. The van der Waals surface area contributed by atoms with Crippen molar-refractivity contribution < 1.29 is 9.90 Å². The van der Waals surface area contributed by atoms with Crippen LogP contribution in [0, 0.1) is 5.92 Å². The number of aliphatic hydroxyl groups is 1. The average Bonchev–Trinajstić information content (AvgIpc) is 2.72. The van der Waals surface area contributed by atoms with Gasteiger partial charge in [0, 0.05) is 37.7 Å². The molecule has 1 amide bonds. The van der Waals surface area contributed by atoms with E-state index >= 15 is 0 Å². The van der Waals surface area contributed by atoms with Crippen LogP contribution in [-0.2, 0) is 4.79 Å². The molecule has 2 aromatic rings. The summed E-state index contributed by atoms with van der Waals surface area (Å²) < 4.78 is 0. The molecule has 1 aromatic heterocycles. The minimum atomic E-state index is -0.915. The first-order chi connectivity index (χ1) is 14.0. The Morgan fingerprint density at radius 3 is 2.52 bits per heavy atom. The molecule has 0 unspecified atom stereocenters. The molecule has 4 rings (SSSR count). The predicted molar refractivity (Wildman–Crippen MR) is 115 cm³/mol. The van der Waals surface area contributed by atoms with Gasteiger partial charge in [0.2, 0.25) is 5.91 Å². The number of piperidine rings is 1. The van der Waals surface area contributed by atoms with Crippen molar-refractivity contribution in [2.45, 2.75) is 45.0 Å². The molecule has 0 aliphatic carbocycles. The number of benzene rings is 1. The number of amides is 1. The van der Waals surface area contributed by atoms with E-state index in [-0.39, 0.29) is 23.9 Å². The van der Waals surface area contributed by atoms with Crippen molar-refractivity contribution in [2.24, 2.45) is 11.7 Å². The Balaban J connectivity index is 1.74. The summed E-state index contributed by atoms with van der Waals surface area (Å²) in [4.78, 5) is 21.0. The summed E-state index contributed by atoms with van der Waals surface area (Å²) in [5, 5.41) is 14.4. The average molecular weight is 396 g/mol. The van der Waals surface area contributed by atoms with Gasteiger partial charge in [-0.05, 0) is 37.1 Å². The van der Waals surface area contributed by atoms with Crippen molar-refractivity contribution in [3.63, 3.8) is 0 Å². The van der Waals surface area contributed by atoms with Gasteiger partial charge in [-0.15, -0.1) is 0 Å². The Bertz CT molecular complexity index is 867. The van der Waals surface area contributed by atoms with Gasteiger partial charge in [-0.2, -0.15) is 0 Å². The molecule has 1 aromatic carbocycles. The van der Waals surface area contributed by atoms with Gasteiger partial charge < -0.3 is 21.1 Å². The zero-order chi connectivity index (χ0) is 20.5. The highest BCUT2D eigenvalue weighted by molar-refractivity contribution is 5.93. The van der Waals surface area contributed by atoms with Crippen LogP contribution in [0.2, 0.25) is 0 Å². The molecule has 3 atom stereocenters. The number of hydrogen-bond donors (Lipinski definition) is 3. The van der Waals surface area contributed by atoms with Crippen molar-refractivity contribution in [3.8, 4) is 0 Å². The largest absolute Gasteiger partial charge is 0.376 e. The fraction of sp³-hybridized carbons (Fsp3) is 0.455. The van der Waals surface area contributed by atoms with Crippen molar-refractivity contribution in [1.29, 1.82) is 0 Å². The first kappa shape index (κ1) is 19.7. The molecule has 7 heteroatoms. The third kappa shape index (κ3) is 3.80. The van der Waals surface area contributed by atoms with E-state index in [1.807, 2.05) is 49.4 Å². The van der Waals surface area contributed by atoms with E-state index in [0.29, 0.717) is 5.69 Å². The van der Waals surface area contributed by atoms with Crippen LogP contribution in [-0.4, -0.2) is 41.4 Å². The molecule has 4 N–H and O–H groups in total. The van der Waals surface area contributed by atoms with E-state index in [0.717, 1.165) is 43.1 Å². The van der Waals surface area contributed by atoms with Crippen LogP contribution in [0.5, 0.6) is 0 Å². The number of carbonyl (C=O) groups excluding carboxylic acids is 1. The van der Waals surface area contributed by atoms with Gasteiger partial charge in [0.1, 0.15) is 12.0 Å². The lowest BCUT2D eigenvalue weighted by molar-refractivity contribution is -0.119. The Hall–Kier alpha value is -2.64. The van der Waals surface area contributed by atoms with E-state index in [1.54, 1.807) is 0 Å². The van der Waals surface area contributed by atoms with Gasteiger partial charge in [-0.1, -0.05) is 25.1 Å². The SMILES string of the molecule is CC(=O)N1c2ccc(N3CCC(N)CC3)nc2[C@H](Nc2ccccc2)[C@@H](C)[C@@H]1O. The zero-order valence-corrected chi connectivity index (χ0v) is 17.0. The number of aliphatic hydroxyl groups excluding tert-OH is 1. The molecule has 2 aliphatic heterocycles. The van der Waals surface area contributed by atoms with Crippen LogP contribution < -0.4 is 20.9 Å². The fourth-order valence-corrected chi connectivity index (χ4v) is 4.26. The molecule has 3 heterocycles. The minimum absolute atomic E-state index is 0.192. The number of hydrogen-bond acceptors (Lipinski definition) is 6. The summed E-state index contributed by atoms with van der Waals surface area (Å²) in [6, 6.07) is 13.8. The van der Waals surface area contributed by atoms with Crippen molar-refractivity contribution in [3.05, 3.63) is 48.2 Å². The number of nitrogens with two attached hydrogens (primary N) is 1. The van der Waals surface area contributed by atoms with Gasteiger partial charge in [-0.3, -0.25) is 9.69 Å². The molecule has 2 aliphatic rings. The number of rotatable bonds is 3. The highest BCUT2D eigenvalue weighted by atomic mass is 16.3. The Labute approximate surface area is 171 Å². The third-order valence-corrected chi connectivity index (χ3v) is 6.00. The molecule has 1 saturated heterocycles. The number of aromatic nitrogens is 1. The Morgan fingerprint density at radius 1 is 1.17 bits per heavy atom. The maximum Gasteiger partial charge on any atom is 0.226 e. The molecule has 0 radical (unpaired) electrons. The number of carbonyl (C=O) groups is 1. The summed E-state index contributed by atoms with van der Waals surface area (Å²) in [6.07, 6.45) is 0.972. The highest BCUT2D eigenvalue weighted by Crippen LogP contribution is 2.41. The summed E-state index contributed by atoms with van der Waals surface area (Å²) in [6.45, 7) is 5.17. The Kier molecular flexibility index (Phi) is 5.43. The zero-order valence-electron chi connectivity index (χ0n) is 17.0. The molecule has 1 fully saturated rings. The highest BCUT2D eigenvalue weighted by Gasteiger charge is 2.41. The lowest BCUT2D eigenvalue weighted by Gasteiger charge is -2.42. The smallest absolute Gasteiger partial charge is 0.226 e. The number of fused-ring (bicyclic) bond motifs is 1. The first-order valence-electron chi connectivity index (χ1n) is 10.3. The molecular weight excluding hydrogens is 366 g/mol. The van der Waals surface area contributed by atoms with E-state index in [1.165, 1.54) is 11.8 Å². The topological polar surface area (TPSA) is 94.7 Å². The van der Waals surface area contributed by atoms with Gasteiger partial charge >= 0.3 is 0 Å². The number of pyridine rings is 1. The van der Waals surface area contributed by atoms with Crippen LogP contribution >= 0.6 is 0 Å². The van der Waals surface area contributed by atoms with Gasteiger partial charge in [-0.25, -0.2) is 4.98 Å². The van der Waals surface area contributed by atoms with Crippen molar-refractivity contribution in [1.82, 2.24) is 4.98 Å². The van der Waals surface area contributed by atoms with E-state index in [4.69, 9.17) is 10.7 Å². The van der Waals surface area contributed by atoms with Gasteiger partial charge in [0.25, 0.3) is 0 Å². The fourth-order valence-electron chi connectivity index (χ4n) is 4.26. The van der Waals surface area contributed by atoms with Crippen molar-refractivity contribution in [2.75, 3.05) is 28.2 Å². The summed E-state index contributed by atoms with van der Waals surface area (Å²) in [5.41, 5.74) is 8.45. The monoisotopic (exact) mass is 395 g/mol. The van der Waals surface area contributed by atoms with Gasteiger partial charge in [0.15, 0.2) is 0 Å². The molecule has 0 bridgehead atoms. The molecule has 0 spiro atoms. The lowest BCUT2D eigenvalue weighted by atomic mass is 9.89. The second-order valence-electron chi connectivity index (χ2n) is 8.05. The minimum Gasteiger partial charge on any atom is -0.376 e. The number of anilines is 3. The third-order valence-electron chi connectivity index (χ3n) is 6.00. The summed E-state index contributed by atoms with van der Waals surface area (Å²) in [7, 11) is 0. The second kappa shape index (κ2) is 8.00. The number of para-hydroxylation sites is 1. The van der Waals surface area contributed by atoms with Crippen LogP contribution in [0.1, 0.15) is 38.4 Å². The molecular formula is C22H29N5O2. The number of nitrogens with one attached hydrogen (secondary N) is 1. The first-order valence-corrected chi connectivity index (χ1v) is 10.3. The van der Waals surface area contributed by atoms with Crippen LogP contribution in [0.25, 0.3) is 0 Å². The summed E-state index contributed by atoms with van der Waals surface area (Å²) in [5.74, 6) is 0.467. The maximum absolute atomic E-state index is 12.3. The standard InChI is InChI=1S/C22H29N5O2/c1-14-20(24-17-6-4-3-5-7-17)21-18(27(15(2)28)22(14)29)8-9-19(25-21)26-12-10-16(23)11-13-26/h3-9,14,16,20,22,24,29H,10-13,23H2,1-2H3/t14-,20-,22+/m1/s1. The maximum atomic E-state index is 12.3. The van der Waals surface area contributed by atoms with E-state index in [9.17, 15) is 9.90 Å². The van der Waals surface area contributed by atoms with Crippen LogP contribution in [0.15, 0.2) is 42.5 Å². The van der Waals surface area contributed by atoms with Crippen molar-refractivity contribution >= 4 is 23.1 Å². The lowest BCUT2D eigenvalue weighted by Crippen LogP contribution is -2.50. The normalized spacial score (nSPS) is 24.9. The number of nitrogens with zero attached hydrogens (tertiary/aromatic N) is 3. The van der Waals surface area contributed by atoms with Gasteiger partial charge in [0.05, 0.1) is 17.4 Å². The van der Waals surface area contributed by atoms with Crippen LogP contribution in [0.3, 0.4) is 0 Å². The second-order valence-corrected chi connectivity index (χ2v) is 8.05.